The minimum Gasteiger partial charge on any atom is -0.481 e. The van der Waals surface area contributed by atoms with Gasteiger partial charge in [-0.05, 0) is 33.2 Å². The van der Waals surface area contributed by atoms with Crippen molar-refractivity contribution in [3.63, 3.8) is 0 Å². The van der Waals surface area contributed by atoms with Gasteiger partial charge in [0.15, 0.2) is 0 Å². The Labute approximate surface area is 104 Å². The van der Waals surface area contributed by atoms with Crippen LogP contribution in [0.25, 0.3) is 0 Å². The van der Waals surface area contributed by atoms with E-state index in [-0.39, 0.29) is 12.0 Å². The molecule has 2 aliphatic heterocycles. The molecule has 2 fully saturated rings. The van der Waals surface area contributed by atoms with Gasteiger partial charge < -0.3 is 5.11 Å². The van der Waals surface area contributed by atoms with Crippen molar-refractivity contribution < 1.29 is 9.90 Å². The van der Waals surface area contributed by atoms with Crippen LogP contribution in [0, 0.1) is 0 Å². The molecule has 4 heteroatoms. The molecule has 0 bridgehead atoms. The van der Waals surface area contributed by atoms with Gasteiger partial charge in [0.25, 0.3) is 0 Å². The summed E-state index contributed by atoms with van der Waals surface area (Å²) in [7, 11) is 0. The fraction of sp³-hybridized carbons (Fsp3) is 0.923. The van der Waals surface area contributed by atoms with Crippen molar-refractivity contribution >= 4 is 5.97 Å². The van der Waals surface area contributed by atoms with E-state index in [2.05, 4.69) is 23.6 Å². The molecule has 0 radical (unpaired) electrons. The predicted molar refractivity (Wildman–Crippen MR) is 67.1 cm³/mol. The first-order valence-corrected chi connectivity index (χ1v) is 6.70. The van der Waals surface area contributed by atoms with Gasteiger partial charge in [0.05, 0.1) is 6.42 Å². The van der Waals surface area contributed by atoms with Crippen LogP contribution in [-0.2, 0) is 4.79 Å². The second kappa shape index (κ2) is 4.94. The van der Waals surface area contributed by atoms with E-state index in [0.29, 0.717) is 6.04 Å². The number of carbonyl (C=O) groups is 1. The first-order valence-electron chi connectivity index (χ1n) is 6.70. The van der Waals surface area contributed by atoms with Gasteiger partial charge in [-0.3, -0.25) is 14.6 Å². The lowest BCUT2D eigenvalue weighted by atomic mass is 9.93. The molecule has 2 rings (SSSR count). The van der Waals surface area contributed by atoms with E-state index in [1.165, 1.54) is 25.8 Å². The number of carboxylic acid groups (broad SMARTS) is 1. The molecule has 1 N–H and O–H groups in total. The van der Waals surface area contributed by atoms with Crippen LogP contribution in [-0.4, -0.2) is 58.6 Å². The summed E-state index contributed by atoms with van der Waals surface area (Å²) in [6.07, 6.45) is 4.17. The van der Waals surface area contributed by atoms with E-state index in [1.54, 1.807) is 0 Å². The monoisotopic (exact) mass is 240 g/mol. The molecular formula is C13H24N2O2. The number of fused-ring (bicyclic) bond motifs is 1. The van der Waals surface area contributed by atoms with E-state index in [1.807, 2.05) is 0 Å². The third kappa shape index (κ3) is 2.99. The van der Waals surface area contributed by atoms with Crippen molar-refractivity contribution in [2.24, 2.45) is 0 Å². The number of aliphatic carboxylic acids is 1. The Morgan fingerprint density at radius 3 is 2.76 bits per heavy atom. The Morgan fingerprint density at radius 1 is 1.29 bits per heavy atom. The summed E-state index contributed by atoms with van der Waals surface area (Å²) < 4.78 is 0. The number of hydrogen-bond acceptors (Lipinski definition) is 3. The molecule has 17 heavy (non-hydrogen) atoms. The summed E-state index contributed by atoms with van der Waals surface area (Å²) >= 11 is 0. The molecular weight excluding hydrogens is 216 g/mol. The predicted octanol–water partition coefficient (Wildman–Crippen LogP) is 1.41. The summed E-state index contributed by atoms with van der Waals surface area (Å²) in [6, 6.07) is 0.658. The summed E-state index contributed by atoms with van der Waals surface area (Å²) in [4.78, 5) is 15.9. The third-order valence-electron chi connectivity index (χ3n) is 4.28. The lowest BCUT2D eigenvalue weighted by molar-refractivity contribution is -0.140. The van der Waals surface area contributed by atoms with Gasteiger partial charge in [-0.1, -0.05) is 6.42 Å². The highest BCUT2D eigenvalue weighted by Gasteiger charge is 2.36. The normalized spacial score (nSPS) is 27.8. The van der Waals surface area contributed by atoms with Gasteiger partial charge in [-0.2, -0.15) is 0 Å². The van der Waals surface area contributed by atoms with E-state index >= 15 is 0 Å². The van der Waals surface area contributed by atoms with Crippen LogP contribution in [0.4, 0.5) is 0 Å². The molecule has 2 aliphatic rings. The molecule has 0 aromatic rings. The molecule has 98 valence electrons. The highest BCUT2D eigenvalue weighted by molar-refractivity contribution is 5.68. The molecule has 2 saturated heterocycles. The molecule has 0 aromatic heterocycles. The van der Waals surface area contributed by atoms with Crippen molar-refractivity contribution in [3.05, 3.63) is 0 Å². The fourth-order valence-corrected chi connectivity index (χ4v) is 3.19. The number of carboxylic acids is 1. The van der Waals surface area contributed by atoms with E-state index in [0.717, 1.165) is 19.6 Å². The van der Waals surface area contributed by atoms with E-state index in [9.17, 15) is 4.79 Å². The van der Waals surface area contributed by atoms with Crippen molar-refractivity contribution in [2.45, 2.75) is 51.1 Å². The number of piperazine rings is 1. The molecule has 0 amide bonds. The molecule has 1 unspecified atom stereocenters. The van der Waals surface area contributed by atoms with Gasteiger partial charge in [0.1, 0.15) is 0 Å². The van der Waals surface area contributed by atoms with Crippen LogP contribution in [0.5, 0.6) is 0 Å². The number of nitrogens with zero attached hydrogens (tertiary/aromatic N) is 2. The second-order valence-corrected chi connectivity index (χ2v) is 6.01. The maximum absolute atomic E-state index is 10.9. The molecule has 0 aliphatic carbocycles. The van der Waals surface area contributed by atoms with Crippen LogP contribution in [0.15, 0.2) is 0 Å². The summed E-state index contributed by atoms with van der Waals surface area (Å²) in [5.74, 6) is -0.693. The number of piperidine rings is 1. The minimum absolute atomic E-state index is 0.213. The smallest absolute Gasteiger partial charge is 0.305 e. The van der Waals surface area contributed by atoms with Gasteiger partial charge in [0.2, 0.25) is 0 Å². The van der Waals surface area contributed by atoms with Gasteiger partial charge in [-0.15, -0.1) is 0 Å². The Balaban J connectivity index is 1.96. The average molecular weight is 240 g/mol. The first-order chi connectivity index (χ1) is 7.99. The zero-order valence-electron chi connectivity index (χ0n) is 11.0. The van der Waals surface area contributed by atoms with Crippen molar-refractivity contribution in [2.75, 3.05) is 26.2 Å². The summed E-state index contributed by atoms with van der Waals surface area (Å²) in [5, 5.41) is 8.98. The Hall–Kier alpha value is -0.610. The van der Waals surface area contributed by atoms with E-state index in [4.69, 9.17) is 5.11 Å². The quantitative estimate of drug-likeness (QED) is 0.810. The van der Waals surface area contributed by atoms with Crippen molar-refractivity contribution in [1.82, 2.24) is 9.80 Å². The Morgan fingerprint density at radius 2 is 2.06 bits per heavy atom. The Kier molecular flexibility index (Phi) is 3.73. The topological polar surface area (TPSA) is 43.8 Å². The van der Waals surface area contributed by atoms with Gasteiger partial charge in [0, 0.05) is 31.2 Å². The van der Waals surface area contributed by atoms with Gasteiger partial charge >= 0.3 is 5.97 Å². The molecule has 0 aromatic carbocycles. The molecule has 0 saturated carbocycles. The van der Waals surface area contributed by atoms with E-state index < -0.39 is 5.97 Å². The van der Waals surface area contributed by atoms with Gasteiger partial charge in [-0.25, -0.2) is 0 Å². The third-order valence-corrected chi connectivity index (χ3v) is 4.28. The zero-order chi connectivity index (χ0) is 12.5. The molecule has 1 atom stereocenters. The first kappa shape index (κ1) is 12.8. The average Bonchev–Trinajstić information content (AvgIpc) is 2.26. The molecule has 4 nitrogen and oxygen atoms in total. The van der Waals surface area contributed by atoms with Crippen LogP contribution in [0.2, 0.25) is 0 Å². The van der Waals surface area contributed by atoms with Crippen LogP contribution in [0.3, 0.4) is 0 Å². The van der Waals surface area contributed by atoms with Crippen LogP contribution in [0.1, 0.15) is 39.5 Å². The lowest BCUT2D eigenvalue weighted by Gasteiger charge is -2.49. The minimum atomic E-state index is -0.693. The maximum atomic E-state index is 10.9. The largest absolute Gasteiger partial charge is 0.481 e. The second-order valence-electron chi connectivity index (χ2n) is 6.01. The SMILES string of the molecule is CC(C)(CC(=O)O)N1CCN2CCCCC2C1. The maximum Gasteiger partial charge on any atom is 0.305 e. The highest BCUT2D eigenvalue weighted by atomic mass is 16.4. The number of hydrogen-bond donors (Lipinski definition) is 1. The van der Waals surface area contributed by atoms with Crippen LogP contribution < -0.4 is 0 Å². The summed E-state index contributed by atoms with van der Waals surface area (Å²) in [5.41, 5.74) is -0.213. The van der Waals surface area contributed by atoms with Crippen LogP contribution >= 0.6 is 0 Å². The summed E-state index contributed by atoms with van der Waals surface area (Å²) in [6.45, 7) is 8.50. The molecule has 2 heterocycles. The van der Waals surface area contributed by atoms with Crippen molar-refractivity contribution in [1.29, 1.82) is 0 Å². The zero-order valence-corrected chi connectivity index (χ0v) is 11.0. The van der Waals surface area contributed by atoms with Crippen molar-refractivity contribution in [3.8, 4) is 0 Å². The number of rotatable bonds is 3. The molecule has 0 spiro atoms. The lowest BCUT2D eigenvalue weighted by Crippen LogP contribution is -2.60. The standard InChI is InChI=1S/C13H24N2O2/c1-13(2,9-12(16)17)15-8-7-14-6-4-3-5-11(14)10-15/h11H,3-10H2,1-2H3,(H,16,17). The highest BCUT2D eigenvalue weighted by Crippen LogP contribution is 2.27. The fourth-order valence-electron chi connectivity index (χ4n) is 3.19. The Bertz CT molecular complexity index is 291.